The summed E-state index contributed by atoms with van der Waals surface area (Å²) < 4.78 is 5.12. The lowest BCUT2D eigenvalue weighted by molar-refractivity contribution is 0.0636. The summed E-state index contributed by atoms with van der Waals surface area (Å²) in [6, 6.07) is 6.42. The van der Waals surface area contributed by atoms with Crippen LogP contribution in [-0.2, 0) is 4.74 Å². The maximum Gasteiger partial charge on any atom is 0.412 e. The van der Waals surface area contributed by atoms with E-state index in [1.165, 1.54) is 7.05 Å². The molecule has 0 heterocycles. The van der Waals surface area contributed by atoms with Gasteiger partial charge in [0.15, 0.2) is 0 Å². The Morgan fingerprint density at radius 3 is 1.89 bits per heavy atom. The Hall–Kier alpha value is -2.24. The zero-order chi connectivity index (χ0) is 14.5. The van der Waals surface area contributed by atoms with Crippen molar-refractivity contribution in [2.45, 2.75) is 26.4 Å². The van der Waals surface area contributed by atoms with Crippen LogP contribution in [0.2, 0.25) is 0 Å². The fourth-order valence-electron chi connectivity index (χ4n) is 1.25. The highest BCUT2D eigenvalue weighted by atomic mass is 16.6. The number of ether oxygens (including phenoxy) is 1. The highest BCUT2D eigenvalue weighted by Gasteiger charge is 2.16. The molecule has 0 saturated heterocycles. The van der Waals surface area contributed by atoms with E-state index in [1.54, 1.807) is 45.0 Å². The second kappa shape index (κ2) is 6.08. The number of carbonyl (C=O) groups is 2. The molecule has 0 radical (unpaired) electrons. The lowest BCUT2D eigenvalue weighted by atomic mass is 10.2. The normalized spacial score (nSPS) is 10.5. The van der Waals surface area contributed by atoms with Gasteiger partial charge in [0.25, 0.3) is 0 Å². The van der Waals surface area contributed by atoms with Crippen molar-refractivity contribution >= 4 is 23.5 Å². The van der Waals surface area contributed by atoms with Crippen LogP contribution in [0.4, 0.5) is 21.0 Å². The third-order valence-electron chi connectivity index (χ3n) is 2.02. The fraction of sp³-hybridized carbons (Fsp3) is 0.385. The molecule has 0 spiro atoms. The number of carbonyl (C=O) groups excluding carboxylic acids is 2. The minimum absolute atomic E-state index is 0.298. The average Bonchev–Trinajstić information content (AvgIpc) is 2.29. The number of amides is 3. The molecule has 3 amide bonds. The minimum Gasteiger partial charge on any atom is -0.444 e. The third kappa shape index (κ3) is 5.76. The summed E-state index contributed by atoms with van der Waals surface area (Å²) in [6.07, 6.45) is -0.514. The molecule has 0 fully saturated rings. The molecule has 104 valence electrons. The standard InChI is InChI=1S/C13H19N3O3/c1-13(2,3)19-12(18)16-10-7-5-9(6-8-10)15-11(17)14-4/h5-8H,1-4H3,(H,16,18)(H2,14,15,17). The highest BCUT2D eigenvalue weighted by Crippen LogP contribution is 2.15. The number of nitrogens with one attached hydrogen (secondary N) is 3. The van der Waals surface area contributed by atoms with Gasteiger partial charge in [0.2, 0.25) is 0 Å². The minimum atomic E-state index is -0.537. The smallest absolute Gasteiger partial charge is 0.412 e. The molecule has 1 aromatic carbocycles. The lowest BCUT2D eigenvalue weighted by Crippen LogP contribution is -2.27. The van der Waals surface area contributed by atoms with E-state index in [4.69, 9.17) is 4.74 Å². The number of anilines is 2. The van der Waals surface area contributed by atoms with Crippen LogP contribution in [0, 0.1) is 0 Å². The molecule has 1 aromatic rings. The van der Waals surface area contributed by atoms with Crippen LogP contribution in [0.15, 0.2) is 24.3 Å². The predicted molar refractivity (Wildman–Crippen MR) is 74.4 cm³/mol. The van der Waals surface area contributed by atoms with Gasteiger partial charge < -0.3 is 15.4 Å². The summed E-state index contributed by atoms with van der Waals surface area (Å²) in [5.41, 5.74) is 0.691. The third-order valence-corrected chi connectivity index (χ3v) is 2.02. The molecule has 19 heavy (non-hydrogen) atoms. The fourth-order valence-corrected chi connectivity index (χ4v) is 1.25. The van der Waals surface area contributed by atoms with E-state index < -0.39 is 11.7 Å². The van der Waals surface area contributed by atoms with Crippen LogP contribution in [0.25, 0.3) is 0 Å². The summed E-state index contributed by atoms with van der Waals surface area (Å²) in [7, 11) is 1.54. The molecule has 6 heteroatoms. The highest BCUT2D eigenvalue weighted by molar-refractivity contribution is 5.90. The van der Waals surface area contributed by atoms with E-state index in [-0.39, 0.29) is 6.03 Å². The van der Waals surface area contributed by atoms with E-state index in [0.717, 1.165) is 0 Å². The van der Waals surface area contributed by atoms with Crippen LogP contribution in [0.3, 0.4) is 0 Å². The summed E-state index contributed by atoms with van der Waals surface area (Å²) in [6.45, 7) is 5.38. The van der Waals surface area contributed by atoms with Crippen molar-refractivity contribution < 1.29 is 14.3 Å². The van der Waals surface area contributed by atoms with Crippen molar-refractivity contribution in [2.24, 2.45) is 0 Å². The molecule has 1 rings (SSSR count). The van der Waals surface area contributed by atoms with Crippen molar-refractivity contribution in [1.29, 1.82) is 0 Å². The van der Waals surface area contributed by atoms with E-state index in [1.807, 2.05) is 0 Å². The Labute approximate surface area is 112 Å². The van der Waals surface area contributed by atoms with E-state index >= 15 is 0 Å². The van der Waals surface area contributed by atoms with Gasteiger partial charge in [0.05, 0.1) is 0 Å². The Morgan fingerprint density at radius 2 is 1.47 bits per heavy atom. The van der Waals surface area contributed by atoms with Crippen molar-refractivity contribution in [2.75, 3.05) is 17.7 Å². The van der Waals surface area contributed by atoms with Crippen LogP contribution in [0.5, 0.6) is 0 Å². The quantitative estimate of drug-likeness (QED) is 0.769. The maximum atomic E-state index is 11.5. The van der Waals surface area contributed by atoms with Crippen LogP contribution in [0.1, 0.15) is 20.8 Å². The molecule has 0 bridgehead atoms. The maximum absolute atomic E-state index is 11.5. The Morgan fingerprint density at radius 1 is 1.00 bits per heavy atom. The molecule has 6 nitrogen and oxygen atoms in total. The molecule has 0 aliphatic heterocycles. The first-order valence-corrected chi connectivity index (χ1v) is 5.89. The summed E-state index contributed by atoms with van der Waals surface area (Å²) >= 11 is 0. The first kappa shape index (κ1) is 14.8. The molecular formula is C13H19N3O3. The topological polar surface area (TPSA) is 79.5 Å². The number of hydrogen-bond acceptors (Lipinski definition) is 3. The number of rotatable bonds is 2. The zero-order valence-corrected chi connectivity index (χ0v) is 11.5. The number of urea groups is 1. The largest absolute Gasteiger partial charge is 0.444 e. The van der Waals surface area contributed by atoms with Crippen LogP contribution in [-0.4, -0.2) is 24.8 Å². The van der Waals surface area contributed by atoms with Gasteiger partial charge in [0, 0.05) is 18.4 Å². The van der Waals surface area contributed by atoms with Gasteiger partial charge in [0.1, 0.15) is 5.60 Å². The van der Waals surface area contributed by atoms with E-state index in [0.29, 0.717) is 11.4 Å². The summed E-state index contributed by atoms with van der Waals surface area (Å²) in [5.74, 6) is 0. The number of hydrogen-bond donors (Lipinski definition) is 3. The van der Waals surface area contributed by atoms with Gasteiger partial charge in [-0.1, -0.05) is 0 Å². The van der Waals surface area contributed by atoms with Gasteiger partial charge in [-0.05, 0) is 45.0 Å². The van der Waals surface area contributed by atoms with Gasteiger partial charge in [-0.15, -0.1) is 0 Å². The summed E-state index contributed by atoms with van der Waals surface area (Å²) in [5, 5.41) is 7.67. The first-order valence-electron chi connectivity index (χ1n) is 5.89. The van der Waals surface area contributed by atoms with Gasteiger partial charge >= 0.3 is 12.1 Å². The van der Waals surface area contributed by atoms with Gasteiger partial charge in [-0.3, -0.25) is 5.32 Å². The first-order chi connectivity index (χ1) is 8.80. The van der Waals surface area contributed by atoms with E-state index in [2.05, 4.69) is 16.0 Å². The molecule has 0 unspecified atom stereocenters. The van der Waals surface area contributed by atoms with Gasteiger partial charge in [-0.2, -0.15) is 0 Å². The van der Waals surface area contributed by atoms with E-state index in [9.17, 15) is 9.59 Å². The zero-order valence-electron chi connectivity index (χ0n) is 11.5. The monoisotopic (exact) mass is 265 g/mol. The van der Waals surface area contributed by atoms with Crippen molar-refractivity contribution in [1.82, 2.24) is 5.32 Å². The average molecular weight is 265 g/mol. The molecule has 0 saturated carbocycles. The second-order valence-corrected chi connectivity index (χ2v) is 4.91. The Bertz CT molecular complexity index is 449. The molecule has 0 aliphatic carbocycles. The predicted octanol–water partition coefficient (Wildman–Crippen LogP) is 2.78. The molecular weight excluding hydrogens is 246 g/mol. The molecule has 3 N–H and O–H groups in total. The lowest BCUT2D eigenvalue weighted by Gasteiger charge is -2.19. The molecule has 0 aromatic heterocycles. The van der Waals surface area contributed by atoms with Crippen LogP contribution < -0.4 is 16.0 Å². The molecule has 0 aliphatic rings. The van der Waals surface area contributed by atoms with Gasteiger partial charge in [-0.25, -0.2) is 9.59 Å². The van der Waals surface area contributed by atoms with Crippen LogP contribution >= 0.6 is 0 Å². The molecule has 0 atom stereocenters. The Kier molecular flexibility index (Phi) is 4.74. The Balaban J connectivity index is 2.57. The second-order valence-electron chi connectivity index (χ2n) is 4.91. The van der Waals surface area contributed by atoms with Crippen molar-refractivity contribution in [3.63, 3.8) is 0 Å². The number of benzene rings is 1. The van der Waals surface area contributed by atoms with Crippen molar-refractivity contribution in [3.8, 4) is 0 Å². The SMILES string of the molecule is CNC(=O)Nc1ccc(NC(=O)OC(C)(C)C)cc1. The summed E-state index contributed by atoms with van der Waals surface area (Å²) in [4.78, 5) is 22.6. The van der Waals surface area contributed by atoms with Crippen molar-refractivity contribution in [3.05, 3.63) is 24.3 Å².